The van der Waals surface area contributed by atoms with Gasteiger partial charge >= 0.3 is 0 Å². The Bertz CT molecular complexity index is 597. The van der Waals surface area contributed by atoms with Crippen LogP contribution in [0.1, 0.15) is 31.9 Å². The highest BCUT2D eigenvalue weighted by molar-refractivity contribution is 5.87. The number of piperidine rings is 1. The first-order chi connectivity index (χ1) is 10.2. The minimum Gasteiger partial charge on any atom is -0.369 e. The van der Waals surface area contributed by atoms with Crippen LogP contribution in [0.4, 0.5) is 5.82 Å². The molecule has 6 nitrogen and oxygen atoms in total. The van der Waals surface area contributed by atoms with Crippen molar-refractivity contribution in [2.24, 2.45) is 5.92 Å². The highest BCUT2D eigenvalue weighted by Gasteiger charge is 2.15. The Morgan fingerprint density at radius 3 is 3.19 bits per heavy atom. The molecule has 0 aromatic carbocycles. The lowest BCUT2D eigenvalue weighted by Crippen LogP contribution is -2.35. The Balaban J connectivity index is 1.51. The summed E-state index contributed by atoms with van der Waals surface area (Å²) in [4.78, 5) is 11.0. The van der Waals surface area contributed by atoms with Gasteiger partial charge in [0.1, 0.15) is 17.5 Å². The first-order valence-electron chi connectivity index (χ1n) is 7.77. The highest BCUT2D eigenvalue weighted by atomic mass is 16.5. The molecule has 21 heavy (non-hydrogen) atoms. The molecule has 6 heteroatoms. The number of rotatable bonds is 5. The summed E-state index contributed by atoms with van der Waals surface area (Å²) < 4.78 is 5.15. The molecular weight excluding hydrogens is 266 g/mol. The standard InChI is InChI=1S/C15H23N5O/c1-11-5-3-7-20(9-11)8-4-6-16-14-13-12(2)19-21-15(13)18-10-17-14/h10-11H,3-9H2,1-2H3,(H,16,17,18)/t11-/m1/s1. The molecule has 1 aliphatic rings. The number of nitrogens with zero attached hydrogens (tertiary/aromatic N) is 4. The van der Waals surface area contributed by atoms with Crippen LogP contribution in [0.3, 0.4) is 0 Å². The van der Waals surface area contributed by atoms with E-state index in [1.807, 2.05) is 6.92 Å². The van der Waals surface area contributed by atoms with Crippen molar-refractivity contribution in [3.63, 3.8) is 0 Å². The van der Waals surface area contributed by atoms with Gasteiger partial charge in [-0.1, -0.05) is 12.1 Å². The number of fused-ring (bicyclic) bond motifs is 1. The monoisotopic (exact) mass is 289 g/mol. The summed E-state index contributed by atoms with van der Waals surface area (Å²) >= 11 is 0. The normalized spacial score (nSPS) is 20.0. The molecule has 3 heterocycles. The largest absolute Gasteiger partial charge is 0.369 e. The Morgan fingerprint density at radius 2 is 2.33 bits per heavy atom. The van der Waals surface area contributed by atoms with Gasteiger partial charge in [-0.15, -0.1) is 0 Å². The summed E-state index contributed by atoms with van der Waals surface area (Å²) in [7, 11) is 0. The molecule has 0 saturated carbocycles. The Morgan fingerprint density at radius 1 is 1.43 bits per heavy atom. The molecule has 0 aliphatic carbocycles. The zero-order chi connectivity index (χ0) is 14.7. The Hall–Kier alpha value is -1.69. The number of anilines is 1. The summed E-state index contributed by atoms with van der Waals surface area (Å²) in [5, 5.41) is 8.22. The van der Waals surface area contributed by atoms with Crippen LogP contribution in [0.5, 0.6) is 0 Å². The van der Waals surface area contributed by atoms with Gasteiger partial charge < -0.3 is 14.7 Å². The van der Waals surface area contributed by atoms with Crippen LogP contribution in [0.25, 0.3) is 11.1 Å². The van der Waals surface area contributed by atoms with Gasteiger partial charge in [0.2, 0.25) is 0 Å². The van der Waals surface area contributed by atoms with E-state index in [2.05, 4.69) is 32.3 Å². The first kappa shape index (κ1) is 14.3. The van der Waals surface area contributed by atoms with Crippen molar-refractivity contribution in [2.75, 3.05) is 31.5 Å². The summed E-state index contributed by atoms with van der Waals surface area (Å²) in [5.74, 6) is 1.67. The zero-order valence-electron chi connectivity index (χ0n) is 12.8. The van der Waals surface area contributed by atoms with Crippen LogP contribution in [-0.4, -0.2) is 46.2 Å². The number of hydrogen-bond acceptors (Lipinski definition) is 6. The second kappa shape index (κ2) is 6.39. The van der Waals surface area contributed by atoms with E-state index < -0.39 is 0 Å². The zero-order valence-corrected chi connectivity index (χ0v) is 12.8. The molecule has 1 aliphatic heterocycles. The number of aryl methyl sites for hydroxylation is 1. The third-order valence-electron chi connectivity index (χ3n) is 4.13. The van der Waals surface area contributed by atoms with E-state index in [-0.39, 0.29) is 0 Å². The molecule has 1 atom stereocenters. The minimum absolute atomic E-state index is 0.551. The molecule has 0 unspecified atom stereocenters. The lowest BCUT2D eigenvalue weighted by molar-refractivity contribution is 0.183. The fourth-order valence-corrected chi connectivity index (χ4v) is 3.06. The second-order valence-electron chi connectivity index (χ2n) is 6.00. The van der Waals surface area contributed by atoms with E-state index in [4.69, 9.17) is 4.52 Å². The van der Waals surface area contributed by atoms with Crippen molar-refractivity contribution < 1.29 is 4.52 Å². The van der Waals surface area contributed by atoms with E-state index in [0.717, 1.165) is 42.3 Å². The maximum Gasteiger partial charge on any atom is 0.263 e. The smallest absolute Gasteiger partial charge is 0.263 e. The molecule has 0 bridgehead atoms. The number of likely N-dealkylation sites (tertiary alicyclic amines) is 1. The number of aromatic nitrogens is 3. The van der Waals surface area contributed by atoms with Gasteiger partial charge in [0, 0.05) is 13.1 Å². The van der Waals surface area contributed by atoms with Gasteiger partial charge in [-0.2, -0.15) is 4.98 Å². The Kier molecular flexibility index (Phi) is 4.34. The predicted octanol–water partition coefficient (Wildman–Crippen LogP) is 2.46. The maximum atomic E-state index is 5.15. The van der Waals surface area contributed by atoms with E-state index in [9.17, 15) is 0 Å². The Labute approximate surface area is 124 Å². The topological polar surface area (TPSA) is 67.1 Å². The van der Waals surface area contributed by atoms with Crippen LogP contribution in [0, 0.1) is 12.8 Å². The van der Waals surface area contributed by atoms with Crippen LogP contribution in [0.15, 0.2) is 10.9 Å². The molecule has 0 spiro atoms. The van der Waals surface area contributed by atoms with Gasteiger partial charge in [0.05, 0.1) is 5.69 Å². The second-order valence-corrected chi connectivity index (χ2v) is 6.00. The van der Waals surface area contributed by atoms with Crippen molar-refractivity contribution in [2.45, 2.75) is 33.1 Å². The third kappa shape index (κ3) is 3.32. The van der Waals surface area contributed by atoms with E-state index in [1.165, 1.54) is 32.3 Å². The van der Waals surface area contributed by atoms with E-state index in [1.54, 1.807) is 0 Å². The minimum atomic E-state index is 0.551. The fraction of sp³-hybridized carbons (Fsp3) is 0.667. The van der Waals surface area contributed by atoms with Crippen LogP contribution >= 0.6 is 0 Å². The SMILES string of the molecule is Cc1noc2ncnc(NCCCN3CCC[C@@H](C)C3)c12. The van der Waals surface area contributed by atoms with Crippen molar-refractivity contribution in [3.8, 4) is 0 Å². The van der Waals surface area contributed by atoms with Crippen LogP contribution in [-0.2, 0) is 0 Å². The molecule has 114 valence electrons. The molecule has 2 aromatic heterocycles. The lowest BCUT2D eigenvalue weighted by atomic mass is 10.0. The maximum absolute atomic E-state index is 5.15. The summed E-state index contributed by atoms with van der Waals surface area (Å²) in [6, 6.07) is 0. The van der Waals surface area contributed by atoms with Gasteiger partial charge in [-0.3, -0.25) is 0 Å². The van der Waals surface area contributed by atoms with Crippen molar-refractivity contribution >= 4 is 16.9 Å². The molecular formula is C15H23N5O. The van der Waals surface area contributed by atoms with Crippen LogP contribution in [0.2, 0.25) is 0 Å². The summed E-state index contributed by atoms with van der Waals surface area (Å²) in [6.07, 6.45) is 5.34. The number of nitrogens with one attached hydrogen (secondary N) is 1. The average molecular weight is 289 g/mol. The highest BCUT2D eigenvalue weighted by Crippen LogP contribution is 2.22. The lowest BCUT2D eigenvalue weighted by Gasteiger charge is -2.30. The summed E-state index contributed by atoms with van der Waals surface area (Å²) in [6.45, 7) is 8.79. The first-order valence-corrected chi connectivity index (χ1v) is 7.77. The van der Waals surface area contributed by atoms with Crippen molar-refractivity contribution in [1.82, 2.24) is 20.0 Å². The number of hydrogen-bond donors (Lipinski definition) is 1. The van der Waals surface area contributed by atoms with E-state index in [0.29, 0.717) is 5.71 Å². The molecule has 3 rings (SSSR count). The van der Waals surface area contributed by atoms with Gasteiger partial charge in [0.25, 0.3) is 5.71 Å². The quantitative estimate of drug-likeness (QED) is 0.853. The van der Waals surface area contributed by atoms with Gasteiger partial charge in [-0.25, -0.2) is 4.98 Å². The van der Waals surface area contributed by atoms with Crippen LogP contribution < -0.4 is 5.32 Å². The fourth-order valence-electron chi connectivity index (χ4n) is 3.06. The molecule has 0 radical (unpaired) electrons. The summed E-state index contributed by atoms with van der Waals surface area (Å²) in [5.41, 5.74) is 1.38. The van der Waals surface area contributed by atoms with Crippen molar-refractivity contribution in [1.29, 1.82) is 0 Å². The average Bonchev–Trinajstić information content (AvgIpc) is 2.86. The van der Waals surface area contributed by atoms with Crippen molar-refractivity contribution in [3.05, 3.63) is 12.0 Å². The van der Waals surface area contributed by atoms with Gasteiger partial charge in [0.15, 0.2) is 0 Å². The van der Waals surface area contributed by atoms with E-state index >= 15 is 0 Å². The molecule has 0 amide bonds. The molecule has 2 aromatic rings. The van der Waals surface area contributed by atoms with Gasteiger partial charge in [-0.05, 0) is 45.2 Å². The molecule has 1 N–H and O–H groups in total. The predicted molar refractivity (Wildman–Crippen MR) is 82.3 cm³/mol. The molecule has 1 fully saturated rings. The molecule has 1 saturated heterocycles. The third-order valence-corrected chi connectivity index (χ3v) is 4.13.